The number of benzene rings is 1. The van der Waals surface area contributed by atoms with Gasteiger partial charge in [0.1, 0.15) is 10.6 Å². The molecule has 3 atom stereocenters. The molecule has 1 spiro atoms. The van der Waals surface area contributed by atoms with Gasteiger partial charge in [-0.05, 0) is 33.1 Å². The van der Waals surface area contributed by atoms with Crippen molar-refractivity contribution in [2.75, 3.05) is 0 Å². The standard InChI is InChI=1S/C16H19NOS2/c1-15(2)16(18-12-9-6-10-13(12)19-16)20-14(17-15)11-7-4-3-5-8-11/h3-5,7-8,12-13H,6,9-10H2,1-2H3/t12-,13-,16-/m0/s1. The molecule has 4 heteroatoms. The van der Waals surface area contributed by atoms with Crippen molar-refractivity contribution in [2.45, 2.75) is 54.3 Å². The minimum Gasteiger partial charge on any atom is -0.348 e. The second-order valence-corrected chi connectivity index (χ2v) is 9.08. The van der Waals surface area contributed by atoms with Crippen LogP contribution in [0.25, 0.3) is 0 Å². The Kier molecular flexibility index (Phi) is 2.99. The molecule has 1 aliphatic carbocycles. The van der Waals surface area contributed by atoms with E-state index in [0.29, 0.717) is 11.4 Å². The fourth-order valence-corrected chi connectivity index (χ4v) is 6.82. The minimum atomic E-state index is -0.214. The zero-order valence-electron chi connectivity index (χ0n) is 11.8. The Labute approximate surface area is 128 Å². The summed E-state index contributed by atoms with van der Waals surface area (Å²) in [6, 6.07) is 10.5. The number of nitrogens with zero attached hydrogens (tertiary/aromatic N) is 1. The van der Waals surface area contributed by atoms with E-state index in [9.17, 15) is 0 Å². The molecule has 1 aromatic rings. The number of rotatable bonds is 1. The van der Waals surface area contributed by atoms with E-state index in [2.05, 4.69) is 44.2 Å². The lowest BCUT2D eigenvalue weighted by molar-refractivity contribution is 0.0123. The lowest BCUT2D eigenvalue weighted by atomic mass is 10.1. The number of hydrogen-bond acceptors (Lipinski definition) is 4. The van der Waals surface area contributed by atoms with Crippen molar-refractivity contribution in [3.8, 4) is 0 Å². The van der Waals surface area contributed by atoms with Crippen LogP contribution >= 0.6 is 23.5 Å². The molecule has 1 saturated heterocycles. The van der Waals surface area contributed by atoms with Crippen LogP contribution in [0.3, 0.4) is 0 Å². The first-order valence-corrected chi connectivity index (χ1v) is 8.99. The fraction of sp³-hybridized carbons (Fsp3) is 0.562. The van der Waals surface area contributed by atoms with Gasteiger partial charge in [-0.15, -0.1) is 11.8 Å². The quantitative estimate of drug-likeness (QED) is 0.772. The maximum absolute atomic E-state index is 6.51. The van der Waals surface area contributed by atoms with Crippen molar-refractivity contribution in [3.63, 3.8) is 0 Å². The van der Waals surface area contributed by atoms with Crippen molar-refractivity contribution < 1.29 is 4.74 Å². The Morgan fingerprint density at radius 2 is 2.00 bits per heavy atom. The summed E-state index contributed by atoms with van der Waals surface area (Å²) >= 11 is 3.85. The molecule has 0 radical (unpaired) electrons. The van der Waals surface area contributed by atoms with Gasteiger partial charge in [-0.1, -0.05) is 42.1 Å². The maximum atomic E-state index is 6.51. The molecule has 2 fully saturated rings. The number of aliphatic imine (C=N–C) groups is 1. The number of hydrogen-bond donors (Lipinski definition) is 0. The van der Waals surface area contributed by atoms with Crippen molar-refractivity contribution >= 4 is 28.6 Å². The molecule has 4 rings (SSSR count). The lowest BCUT2D eigenvalue weighted by Gasteiger charge is -2.34. The normalized spacial score (nSPS) is 38.2. The number of thioether (sulfide) groups is 2. The minimum absolute atomic E-state index is 0.169. The fourth-order valence-electron chi connectivity index (χ4n) is 3.23. The zero-order valence-corrected chi connectivity index (χ0v) is 13.5. The molecule has 2 nitrogen and oxygen atoms in total. The summed E-state index contributed by atoms with van der Waals surface area (Å²) in [4.78, 5) is 4.99. The molecule has 0 bridgehead atoms. The van der Waals surface area contributed by atoms with Crippen LogP contribution in [0.2, 0.25) is 0 Å². The second kappa shape index (κ2) is 4.52. The Morgan fingerprint density at radius 3 is 2.75 bits per heavy atom. The molecule has 1 saturated carbocycles. The van der Waals surface area contributed by atoms with E-state index < -0.39 is 0 Å². The van der Waals surface area contributed by atoms with Gasteiger partial charge in [0.25, 0.3) is 0 Å². The summed E-state index contributed by atoms with van der Waals surface area (Å²) < 4.78 is 6.30. The van der Waals surface area contributed by atoms with Crippen LogP contribution in [0.15, 0.2) is 35.3 Å². The second-order valence-electron chi connectivity index (χ2n) is 6.24. The Morgan fingerprint density at radius 1 is 1.20 bits per heavy atom. The molecule has 0 unspecified atom stereocenters. The van der Waals surface area contributed by atoms with Gasteiger partial charge in [-0.25, -0.2) is 0 Å². The number of ether oxygens (including phenoxy) is 1. The summed E-state index contributed by atoms with van der Waals surface area (Å²) in [6.07, 6.45) is 4.28. The van der Waals surface area contributed by atoms with Crippen LogP contribution in [0, 0.1) is 0 Å². The van der Waals surface area contributed by atoms with Gasteiger partial charge in [-0.3, -0.25) is 4.99 Å². The highest BCUT2D eigenvalue weighted by Crippen LogP contribution is 2.63. The van der Waals surface area contributed by atoms with Gasteiger partial charge in [0, 0.05) is 10.8 Å². The third kappa shape index (κ3) is 1.88. The van der Waals surface area contributed by atoms with Crippen LogP contribution in [-0.2, 0) is 4.74 Å². The predicted octanol–water partition coefficient (Wildman–Crippen LogP) is 4.30. The van der Waals surface area contributed by atoms with E-state index in [0.717, 1.165) is 5.04 Å². The van der Waals surface area contributed by atoms with Crippen molar-refractivity contribution in [2.24, 2.45) is 4.99 Å². The molecule has 3 aliphatic rings. The first kappa shape index (κ1) is 13.2. The molecule has 2 heterocycles. The summed E-state index contributed by atoms with van der Waals surface area (Å²) in [7, 11) is 0. The van der Waals surface area contributed by atoms with E-state index in [4.69, 9.17) is 9.73 Å². The molecule has 1 aromatic carbocycles. The monoisotopic (exact) mass is 305 g/mol. The van der Waals surface area contributed by atoms with Crippen LogP contribution in [0.4, 0.5) is 0 Å². The van der Waals surface area contributed by atoms with Gasteiger partial charge in [-0.2, -0.15) is 0 Å². The maximum Gasteiger partial charge on any atom is 0.191 e. The third-order valence-electron chi connectivity index (χ3n) is 4.39. The van der Waals surface area contributed by atoms with Crippen LogP contribution in [0.1, 0.15) is 38.7 Å². The molecule has 0 N–H and O–H groups in total. The van der Waals surface area contributed by atoms with Crippen molar-refractivity contribution in [1.82, 2.24) is 0 Å². The molecule has 2 aliphatic heterocycles. The molecule has 0 amide bonds. The first-order valence-electron chi connectivity index (χ1n) is 7.30. The van der Waals surface area contributed by atoms with Gasteiger partial charge < -0.3 is 4.74 Å². The summed E-state index contributed by atoms with van der Waals surface area (Å²) in [5.74, 6) is 0. The van der Waals surface area contributed by atoms with Crippen LogP contribution < -0.4 is 0 Å². The van der Waals surface area contributed by atoms with Gasteiger partial charge >= 0.3 is 0 Å². The van der Waals surface area contributed by atoms with Crippen molar-refractivity contribution in [3.05, 3.63) is 35.9 Å². The summed E-state index contributed by atoms with van der Waals surface area (Å²) in [5, 5.41) is 1.80. The number of fused-ring (bicyclic) bond motifs is 1. The van der Waals surface area contributed by atoms with Gasteiger partial charge in [0.05, 0.1) is 6.10 Å². The molecular weight excluding hydrogens is 286 g/mol. The largest absolute Gasteiger partial charge is 0.348 e. The van der Waals surface area contributed by atoms with Gasteiger partial charge in [0.2, 0.25) is 0 Å². The highest BCUT2D eigenvalue weighted by molar-refractivity contribution is 8.26. The van der Waals surface area contributed by atoms with Crippen LogP contribution in [-0.4, -0.2) is 26.2 Å². The van der Waals surface area contributed by atoms with E-state index in [1.165, 1.54) is 24.8 Å². The lowest BCUT2D eigenvalue weighted by Crippen LogP contribution is -2.40. The SMILES string of the molecule is CC1(C)N=C(c2ccccc2)S[C@]12O[C@H]1CCC[C@@H]1S2. The Hall–Kier alpha value is -0.450. The van der Waals surface area contributed by atoms with Gasteiger partial charge in [0.15, 0.2) is 4.27 Å². The summed E-state index contributed by atoms with van der Waals surface area (Å²) in [6.45, 7) is 4.42. The zero-order chi connectivity index (χ0) is 13.8. The predicted molar refractivity (Wildman–Crippen MR) is 87.5 cm³/mol. The van der Waals surface area contributed by atoms with E-state index in [1.54, 1.807) is 0 Å². The average Bonchev–Trinajstić information content (AvgIpc) is 3.04. The Balaban J connectivity index is 1.66. The average molecular weight is 305 g/mol. The Bertz CT molecular complexity index is 543. The topological polar surface area (TPSA) is 21.6 Å². The van der Waals surface area contributed by atoms with E-state index in [1.807, 2.05) is 23.5 Å². The van der Waals surface area contributed by atoms with Crippen LogP contribution in [0.5, 0.6) is 0 Å². The van der Waals surface area contributed by atoms with Crippen molar-refractivity contribution in [1.29, 1.82) is 0 Å². The highest BCUT2D eigenvalue weighted by Gasteiger charge is 2.61. The summed E-state index contributed by atoms with van der Waals surface area (Å²) in [5.41, 5.74) is 1.04. The third-order valence-corrected chi connectivity index (χ3v) is 8.06. The highest BCUT2D eigenvalue weighted by atomic mass is 32.2. The van der Waals surface area contributed by atoms with E-state index >= 15 is 0 Å². The smallest absolute Gasteiger partial charge is 0.191 e. The molecular formula is C16H19NOS2. The first-order chi connectivity index (χ1) is 9.60. The van der Waals surface area contributed by atoms with E-state index in [-0.39, 0.29) is 9.80 Å². The molecule has 106 valence electrons. The molecule has 0 aromatic heterocycles. The molecule has 20 heavy (non-hydrogen) atoms.